The monoisotopic (exact) mass is 281 g/mol. The van der Waals surface area contributed by atoms with Crippen molar-refractivity contribution in [3.05, 3.63) is 24.6 Å². The summed E-state index contributed by atoms with van der Waals surface area (Å²) in [6.07, 6.45) is 2.07. The van der Waals surface area contributed by atoms with Gasteiger partial charge in [0.15, 0.2) is 0 Å². The van der Waals surface area contributed by atoms with Gasteiger partial charge in [0.2, 0.25) is 0 Å². The Balaban J connectivity index is 4.24. The molecule has 1 amide bonds. The van der Waals surface area contributed by atoms with Crippen molar-refractivity contribution >= 4 is 12.3 Å². The summed E-state index contributed by atoms with van der Waals surface area (Å²) in [5, 5.41) is 0. The van der Waals surface area contributed by atoms with Crippen LogP contribution in [-0.4, -0.2) is 36.4 Å². The lowest BCUT2D eigenvalue weighted by Gasteiger charge is -2.25. The highest BCUT2D eigenvalue weighted by Crippen LogP contribution is 2.14. The van der Waals surface area contributed by atoms with E-state index < -0.39 is 5.60 Å². The van der Waals surface area contributed by atoms with Crippen molar-refractivity contribution in [1.82, 2.24) is 4.90 Å². The number of allylic oxidation sites excluding steroid dienone is 1. The number of aliphatic imine (C=N–C) groups is 1. The van der Waals surface area contributed by atoms with Crippen LogP contribution in [0.1, 0.15) is 34.1 Å². The minimum Gasteiger partial charge on any atom is -0.444 e. The lowest BCUT2D eigenvalue weighted by atomic mass is 10.00. The predicted molar refractivity (Wildman–Crippen MR) is 83.6 cm³/mol. The molecule has 0 aromatic carbocycles. The van der Waals surface area contributed by atoms with E-state index in [9.17, 15) is 4.79 Å². The second-order valence-corrected chi connectivity index (χ2v) is 5.92. The van der Waals surface area contributed by atoms with Crippen molar-refractivity contribution in [1.29, 1.82) is 0 Å². The largest absolute Gasteiger partial charge is 0.444 e. The van der Waals surface area contributed by atoms with Gasteiger partial charge in [-0.15, -0.1) is 0 Å². The molecule has 114 valence electrons. The number of amides is 1. The Kier molecular flexibility index (Phi) is 7.04. The molecular weight excluding hydrogens is 254 g/mol. The third kappa shape index (κ3) is 8.34. The van der Waals surface area contributed by atoms with E-state index in [2.05, 4.69) is 18.2 Å². The average Bonchev–Trinajstić information content (AvgIpc) is 2.30. The number of nitrogens with two attached hydrogens (primary N) is 1. The molecule has 0 aromatic heterocycles. The minimum atomic E-state index is -0.477. The Morgan fingerprint density at radius 2 is 2.00 bits per heavy atom. The molecule has 5 heteroatoms. The Morgan fingerprint density at radius 3 is 2.45 bits per heavy atom. The third-order valence-electron chi connectivity index (χ3n) is 2.63. The van der Waals surface area contributed by atoms with E-state index in [4.69, 9.17) is 10.5 Å². The first-order valence-corrected chi connectivity index (χ1v) is 6.64. The van der Waals surface area contributed by atoms with E-state index in [-0.39, 0.29) is 17.8 Å². The highest BCUT2D eigenvalue weighted by Gasteiger charge is 2.19. The summed E-state index contributed by atoms with van der Waals surface area (Å²) in [4.78, 5) is 17.3. The molecule has 0 fully saturated rings. The van der Waals surface area contributed by atoms with Gasteiger partial charge in [0.1, 0.15) is 11.4 Å². The van der Waals surface area contributed by atoms with Crippen LogP contribution in [0, 0.1) is 5.92 Å². The molecule has 0 rings (SSSR count). The van der Waals surface area contributed by atoms with Crippen molar-refractivity contribution in [2.45, 2.75) is 39.7 Å². The highest BCUT2D eigenvalue weighted by molar-refractivity contribution is 5.79. The van der Waals surface area contributed by atoms with Crippen molar-refractivity contribution in [2.24, 2.45) is 16.6 Å². The maximum Gasteiger partial charge on any atom is 0.410 e. The van der Waals surface area contributed by atoms with Crippen LogP contribution in [0.5, 0.6) is 0 Å². The van der Waals surface area contributed by atoms with Gasteiger partial charge < -0.3 is 15.4 Å². The van der Waals surface area contributed by atoms with Gasteiger partial charge >= 0.3 is 6.09 Å². The second-order valence-electron chi connectivity index (χ2n) is 5.92. The van der Waals surface area contributed by atoms with Crippen LogP contribution in [0.25, 0.3) is 0 Å². The van der Waals surface area contributed by atoms with E-state index in [0.717, 1.165) is 12.0 Å². The minimum absolute atomic E-state index is 0.197. The van der Waals surface area contributed by atoms with Crippen LogP contribution >= 0.6 is 0 Å². The molecule has 0 heterocycles. The number of rotatable bonds is 6. The van der Waals surface area contributed by atoms with Gasteiger partial charge in [-0.05, 0) is 38.7 Å². The highest BCUT2D eigenvalue weighted by atomic mass is 16.6. The molecule has 20 heavy (non-hydrogen) atoms. The van der Waals surface area contributed by atoms with Crippen molar-refractivity contribution in [3.8, 4) is 0 Å². The lowest BCUT2D eigenvalue weighted by molar-refractivity contribution is 0.0293. The standard InChI is InChI=1S/C15H27N3O2/c1-11(12(2)10-17-13(3)16)8-9-18(7)14(19)20-15(4,5)6/h10-11H,2-3,8-9,16H2,1,4-7H3. The molecule has 0 aliphatic rings. The predicted octanol–water partition coefficient (Wildman–Crippen LogP) is 2.94. The quantitative estimate of drug-likeness (QED) is 0.761. The van der Waals surface area contributed by atoms with E-state index in [1.54, 1.807) is 18.2 Å². The fourth-order valence-corrected chi connectivity index (χ4v) is 1.30. The normalized spacial score (nSPS) is 13.1. The SMILES string of the molecule is C=C(N)N=CC(=C)C(C)CCN(C)C(=O)OC(C)(C)C. The maximum absolute atomic E-state index is 11.8. The number of hydrogen-bond donors (Lipinski definition) is 1. The Labute approximate surface area is 122 Å². The van der Waals surface area contributed by atoms with Gasteiger partial charge in [-0.1, -0.05) is 20.1 Å². The fourth-order valence-electron chi connectivity index (χ4n) is 1.30. The fraction of sp³-hybridized carbons (Fsp3) is 0.600. The molecule has 0 saturated carbocycles. The second kappa shape index (κ2) is 7.72. The van der Waals surface area contributed by atoms with Gasteiger partial charge in [0.25, 0.3) is 0 Å². The number of ether oxygens (including phenoxy) is 1. The Morgan fingerprint density at radius 1 is 1.45 bits per heavy atom. The van der Waals surface area contributed by atoms with Gasteiger partial charge in [-0.2, -0.15) is 0 Å². The zero-order valence-corrected chi connectivity index (χ0v) is 13.3. The maximum atomic E-state index is 11.8. The summed E-state index contributed by atoms with van der Waals surface area (Å²) >= 11 is 0. The number of carbonyl (C=O) groups excluding carboxylic acids is 1. The Bertz CT molecular complexity index is 394. The zero-order valence-electron chi connectivity index (χ0n) is 13.3. The van der Waals surface area contributed by atoms with E-state index in [0.29, 0.717) is 6.54 Å². The number of nitrogens with zero attached hydrogens (tertiary/aromatic N) is 2. The summed E-state index contributed by atoms with van der Waals surface area (Å²) in [5.41, 5.74) is 5.74. The van der Waals surface area contributed by atoms with Crippen LogP contribution in [0.2, 0.25) is 0 Å². The molecule has 1 unspecified atom stereocenters. The van der Waals surface area contributed by atoms with Crippen LogP contribution < -0.4 is 5.73 Å². The number of carbonyl (C=O) groups is 1. The molecule has 0 aromatic rings. The summed E-state index contributed by atoms with van der Waals surface area (Å²) in [6.45, 7) is 15.6. The Hall–Kier alpha value is -1.78. The molecule has 0 spiro atoms. The van der Waals surface area contributed by atoms with Crippen LogP contribution in [-0.2, 0) is 4.74 Å². The van der Waals surface area contributed by atoms with Crippen molar-refractivity contribution < 1.29 is 9.53 Å². The summed E-state index contributed by atoms with van der Waals surface area (Å²) in [6, 6.07) is 0. The molecule has 0 aliphatic carbocycles. The van der Waals surface area contributed by atoms with Crippen molar-refractivity contribution in [2.75, 3.05) is 13.6 Å². The molecule has 0 aliphatic heterocycles. The van der Waals surface area contributed by atoms with Crippen molar-refractivity contribution in [3.63, 3.8) is 0 Å². The zero-order chi connectivity index (χ0) is 15.9. The first-order chi connectivity index (χ1) is 9.03. The molecule has 2 N–H and O–H groups in total. The van der Waals surface area contributed by atoms with Crippen LogP contribution in [0.4, 0.5) is 4.79 Å². The topological polar surface area (TPSA) is 67.9 Å². The summed E-state index contributed by atoms with van der Waals surface area (Å²) in [5.74, 6) is 0.451. The van der Waals surface area contributed by atoms with Gasteiger partial charge in [-0.3, -0.25) is 0 Å². The van der Waals surface area contributed by atoms with E-state index in [1.807, 2.05) is 27.7 Å². The number of hydrogen-bond acceptors (Lipinski definition) is 4. The third-order valence-corrected chi connectivity index (χ3v) is 2.63. The summed E-state index contributed by atoms with van der Waals surface area (Å²) in [7, 11) is 1.72. The first kappa shape index (κ1) is 18.2. The average molecular weight is 281 g/mol. The van der Waals surface area contributed by atoms with E-state index >= 15 is 0 Å². The van der Waals surface area contributed by atoms with Crippen LogP contribution in [0.15, 0.2) is 29.5 Å². The smallest absolute Gasteiger partial charge is 0.410 e. The van der Waals surface area contributed by atoms with Gasteiger partial charge in [0, 0.05) is 19.8 Å². The van der Waals surface area contributed by atoms with Crippen LogP contribution in [0.3, 0.4) is 0 Å². The molecule has 0 radical (unpaired) electrons. The summed E-state index contributed by atoms with van der Waals surface area (Å²) < 4.78 is 5.28. The van der Waals surface area contributed by atoms with Gasteiger partial charge in [-0.25, -0.2) is 9.79 Å². The molecule has 0 bridgehead atoms. The van der Waals surface area contributed by atoms with Gasteiger partial charge in [0.05, 0.1) is 0 Å². The first-order valence-electron chi connectivity index (χ1n) is 6.64. The lowest BCUT2D eigenvalue weighted by Crippen LogP contribution is -2.35. The van der Waals surface area contributed by atoms with E-state index in [1.165, 1.54) is 0 Å². The molecule has 0 saturated heterocycles. The molecule has 5 nitrogen and oxygen atoms in total. The molecular formula is C15H27N3O2. The molecule has 1 atom stereocenters.